The number of nitrogens with one attached hydrogen (secondary N) is 2. The van der Waals surface area contributed by atoms with Crippen LogP contribution < -0.4 is 15.4 Å². The summed E-state index contributed by atoms with van der Waals surface area (Å²) in [5.41, 5.74) is -0.327. The number of rotatable bonds is 13. The van der Waals surface area contributed by atoms with Crippen molar-refractivity contribution in [3.8, 4) is 11.6 Å². The van der Waals surface area contributed by atoms with Crippen molar-refractivity contribution in [3.05, 3.63) is 55.1 Å². The largest absolute Gasteiger partial charge is 0.490 e. The lowest BCUT2D eigenvalue weighted by atomic mass is 9.93. The van der Waals surface area contributed by atoms with Crippen LogP contribution in [0.25, 0.3) is 16.9 Å². The molecule has 1 atom stereocenters. The van der Waals surface area contributed by atoms with E-state index in [0.29, 0.717) is 43.1 Å². The number of aliphatic hydroxyl groups is 2. The van der Waals surface area contributed by atoms with Crippen molar-refractivity contribution in [2.75, 3.05) is 11.9 Å². The number of aromatic nitrogens is 5. The van der Waals surface area contributed by atoms with E-state index in [2.05, 4.69) is 25.7 Å². The van der Waals surface area contributed by atoms with Crippen LogP contribution in [0.15, 0.2) is 55.1 Å². The van der Waals surface area contributed by atoms with Crippen molar-refractivity contribution in [2.24, 2.45) is 7.05 Å². The number of fused-ring (bicyclic) bond motifs is 1. The third kappa shape index (κ3) is 11.1. The molecule has 3 heterocycles. The first kappa shape index (κ1) is 40.1. The summed E-state index contributed by atoms with van der Waals surface area (Å²) in [6, 6.07) is 11.2. The second kappa shape index (κ2) is 17.1. The van der Waals surface area contributed by atoms with E-state index in [1.165, 1.54) is 0 Å². The maximum Gasteiger partial charge on any atom is 0.415 e. The van der Waals surface area contributed by atoms with E-state index in [-0.39, 0.29) is 17.6 Å². The average Bonchev–Trinajstić information content (AvgIpc) is 3.67. The van der Waals surface area contributed by atoms with Crippen LogP contribution in [0, 0.1) is 0 Å². The summed E-state index contributed by atoms with van der Waals surface area (Å²) >= 11 is 0. The minimum atomic E-state index is -4.61. The van der Waals surface area contributed by atoms with Gasteiger partial charge in [0, 0.05) is 50.2 Å². The van der Waals surface area contributed by atoms with Crippen LogP contribution in [0.5, 0.6) is 5.75 Å². The van der Waals surface area contributed by atoms with Crippen LogP contribution in [0.4, 0.5) is 24.7 Å². The molecule has 17 nitrogen and oxygen atoms in total. The van der Waals surface area contributed by atoms with Gasteiger partial charge in [-0.25, -0.2) is 19.4 Å². The zero-order chi connectivity index (χ0) is 36.6. The molecule has 1 aromatic carbocycles. The Balaban J connectivity index is 0.000000430. The number of nitrogens with zero attached hydrogens (tertiary/aromatic N) is 5. The van der Waals surface area contributed by atoms with E-state index in [4.69, 9.17) is 25.2 Å². The number of benzene rings is 1. The first-order valence-corrected chi connectivity index (χ1v) is 15.3. The Morgan fingerprint density at radius 3 is 2.25 bits per heavy atom. The van der Waals surface area contributed by atoms with Gasteiger partial charge in [-0.1, -0.05) is 6.07 Å². The molecule has 0 spiro atoms. The smallest absolute Gasteiger partial charge is 0.415 e. The lowest BCUT2D eigenvalue weighted by Crippen LogP contribution is -2.44. The first-order chi connectivity index (χ1) is 23.5. The van der Waals surface area contributed by atoms with Crippen molar-refractivity contribution in [2.45, 2.75) is 68.6 Å². The number of hydrogen-bond donors (Lipinski definition) is 7. The SMILES string of the molecule is Cn1cnc2c(Nc3ccn(-c4ccccn4)n3)cc(OC3CCC(NC[C@@H](O)C(F)(F)F)CC3)cc21.O.O=C(O)CC(O)(CC(=O)O)C(=O)O. The maximum atomic E-state index is 12.5. The Morgan fingerprint density at radius 1 is 1.02 bits per heavy atom. The Bertz CT molecular complexity index is 1760. The van der Waals surface area contributed by atoms with Crippen LogP contribution in [0.3, 0.4) is 0 Å². The second-order valence-electron chi connectivity index (χ2n) is 11.7. The number of ether oxygens (including phenoxy) is 1. The van der Waals surface area contributed by atoms with Gasteiger partial charge in [-0.15, -0.1) is 5.10 Å². The number of carboxylic acids is 3. The van der Waals surface area contributed by atoms with Gasteiger partial charge < -0.3 is 50.9 Å². The number of imidazole rings is 1. The summed E-state index contributed by atoms with van der Waals surface area (Å²) in [6.45, 7) is -0.498. The van der Waals surface area contributed by atoms with Crippen molar-refractivity contribution in [1.29, 1.82) is 0 Å². The normalized spacial score (nSPS) is 16.7. The maximum absolute atomic E-state index is 12.5. The molecule has 0 unspecified atom stereocenters. The summed E-state index contributed by atoms with van der Waals surface area (Å²) in [5.74, 6) is -3.02. The minimum absolute atomic E-state index is 0. The van der Waals surface area contributed by atoms with E-state index in [9.17, 15) is 32.7 Å². The molecule has 3 aromatic heterocycles. The van der Waals surface area contributed by atoms with Gasteiger partial charge in [0.15, 0.2) is 23.3 Å². The molecule has 0 aliphatic heterocycles. The third-order valence-electron chi connectivity index (χ3n) is 7.78. The highest BCUT2D eigenvalue weighted by atomic mass is 19.4. The molecule has 5 rings (SSSR count). The molecular weight excluding hydrogens is 687 g/mol. The molecule has 0 bridgehead atoms. The van der Waals surface area contributed by atoms with E-state index >= 15 is 0 Å². The molecule has 1 fully saturated rings. The van der Waals surface area contributed by atoms with Crippen molar-refractivity contribution in [3.63, 3.8) is 0 Å². The Morgan fingerprint density at radius 2 is 1.69 bits per heavy atom. The minimum Gasteiger partial charge on any atom is -0.490 e. The van der Waals surface area contributed by atoms with Gasteiger partial charge in [-0.3, -0.25) is 9.59 Å². The highest BCUT2D eigenvalue weighted by Gasteiger charge is 2.41. The molecule has 9 N–H and O–H groups in total. The highest BCUT2D eigenvalue weighted by molar-refractivity contribution is 5.91. The summed E-state index contributed by atoms with van der Waals surface area (Å²) in [6.07, 6.45) is -1.33. The zero-order valence-electron chi connectivity index (χ0n) is 27.1. The predicted octanol–water partition coefficient (Wildman–Crippen LogP) is 2.03. The van der Waals surface area contributed by atoms with Gasteiger partial charge in [0.2, 0.25) is 0 Å². The number of alkyl halides is 3. The summed E-state index contributed by atoms with van der Waals surface area (Å²) < 4.78 is 47.5. The fourth-order valence-electron chi connectivity index (χ4n) is 5.20. The lowest BCUT2D eigenvalue weighted by Gasteiger charge is -2.30. The monoisotopic (exact) mass is 725 g/mol. The number of pyridine rings is 1. The summed E-state index contributed by atoms with van der Waals surface area (Å²) in [5, 5.41) is 53.7. The van der Waals surface area contributed by atoms with Gasteiger partial charge >= 0.3 is 24.1 Å². The lowest BCUT2D eigenvalue weighted by molar-refractivity contribution is -0.202. The van der Waals surface area contributed by atoms with E-state index in [1.807, 2.05) is 54.2 Å². The Kier molecular flexibility index (Phi) is 13.4. The van der Waals surface area contributed by atoms with Crippen LogP contribution in [0.2, 0.25) is 0 Å². The van der Waals surface area contributed by atoms with E-state index < -0.39 is 55.2 Å². The molecule has 20 heteroatoms. The predicted molar refractivity (Wildman–Crippen MR) is 173 cm³/mol. The first-order valence-electron chi connectivity index (χ1n) is 15.3. The van der Waals surface area contributed by atoms with Crippen molar-refractivity contribution >= 4 is 40.4 Å². The fourth-order valence-corrected chi connectivity index (χ4v) is 5.20. The summed E-state index contributed by atoms with van der Waals surface area (Å²) in [4.78, 5) is 39.3. The molecule has 0 saturated heterocycles. The van der Waals surface area contributed by atoms with E-state index in [1.54, 1.807) is 17.2 Å². The summed E-state index contributed by atoms with van der Waals surface area (Å²) in [7, 11) is 1.91. The van der Waals surface area contributed by atoms with Gasteiger partial charge in [0.1, 0.15) is 11.3 Å². The molecular formula is C31H38F3N7O10. The van der Waals surface area contributed by atoms with Gasteiger partial charge in [-0.2, -0.15) is 13.2 Å². The molecule has 1 saturated carbocycles. The van der Waals surface area contributed by atoms with Crippen LogP contribution >= 0.6 is 0 Å². The number of aliphatic carboxylic acids is 3. The molecule has 0 radical (unpaired) electrons. The topological polar surface area (TPSA) is 266 Å². The average molecular weight is 726 g/mol. The number of aliphatic hydroxyl groups excluding tert-OH is 1. The quantitative estimate of drug-likeness (QED) is 0.104. The number of hydrogen-bond acceptors (Lipinski definition) is 11. The number of carbonyl (C=O) groups is 3. The molecule has 1 aliphatic rings. The zero-order valence-corrected chi connectivity index (χ0v) is 27.1. The number of halogens is 3. The van der Waals surface area contributed by atoms with Gasteiger partial charge in [0.05, 0.1) is 36.5 Å². The number of carboxylic acid groups (broad SMARTS) is 3. The molecule has 278 valence electrons. The fraction of sp³-hybridized carbons (Fsp3) is 0.419. The second-order valence-corrected chi connectivity index (χ2v) is 11.7. The van der Waals surface area contributed by atoms with Gasteiger partial charge in [0.25, 0.3) is 0 Å². The van der Waals surface area contributed by atoms with E-state index in [0.717, 1.165) is 16.7 Å². The highest BCUT2D eigenvalue weighted by Crippen LogP contribution is 2.33. The van der Waals surface area contributed by atoms with Gasteiger partial charge in [-0.05, 0) is 37.8 Å². The number of anilines is 2. The van der Waals surface area contributed by atoms with Crippen LogP contribution in [-0.4, -0.2) is 110 Å². The number of aryl methyl sites for hydroxylation is 1. The Labute approximate surface area is 287 Å². The molecule has 51 heavy (non-hydrogen) atoms. The molecule has 0 amide bonds. The standard InChI is InChI=1S/C25H28F3N7O2.C6H8O7.H2O/c1-34-15-31-24-19(32-22-9-11-35(33-22)23-4-2-3-10-29-23)12-18(13-20(24)34)37-17-7-5-16(6-8-17)30-14-21(36)25(26,27)28;7-3(8)1-6(13,5(11)12)2-4(9)10;/h2-4,9-13,15-17,21,30,36H,5-8,14H2,1H3,(H,32,33);13H,1-2H2,(H,7,8)(H,9,10)(H,11,12);1H2/t16?,17?,21-;;/m1../s1. The molecule has 4 aromatic rings. The molecule has 1 aliphatic carbocycles. The van der Waals surface area contributed by atoms with Crippen LogP contribution in [-0.2, 0) is 21.4 Å². The third-order valence-corrected chi connectivity index (χ3v) is 7.78. The Hall–Kier alpha value is -5.31. The van der Waals surface area contributed by atoms with Crippen LogP contribution in [0.1, 0.15) is 38.5 Å². The van der Waals surface area contributed by atoms with Crippen molar-refractivity contribution in [1.82, 2.24) is 29.6 Å². The van der Waals surface area contributed by atoms with Crippen molar-refractivity contribution < 1.29 is 63.3 Å².